The monoisotopic (exact) mass is 545 g/mol. The number of hydrogen-bond acceptors (Lipinski definition) is 12. The Morgan fingerprint density at radius 1 is 1.39 bits per heavy atom. The standard InChI is InChI=1S/C21H24N9O7P/c1-12(20(31)33-2)28-38(32,37-13-6-4-3-5-7-13)35-9-21-8-34-15(16(21)27-29-23)19(36-21)30-11-26-14-17(22)24-10-25-18(14)30/h3-7,10-12,15-16,19H,8-9H2,1-2H3,(H,28,32)(H2,22,24,25)/t12?,15-,16+,19-,21-,38?/m1/s1. The molecule has 200 valence electrons. The molecule has 6 atom stereocenters. The summed E-state index contributed by atoms with van der Waals surface area (Å²) in [6.07, 6.45) is 1.20. The maximum atomic E-state index is 13.8. The number of fused-ring (bicyclic) bond motifs is 3. The van der Waals surface area contributed by atoms with Crippen LogP contribution in [-0.4, -0.2) is 69.6 Å². The first-order chi connectivity index (χ1) is 18.3. The fourth-order valence-corrected chi connectivity index (χ4v) is 5.94. The minimum absolute atomic E-state index is 0.0283. The molecule has 2 bridgehead atoms. The Balaban J connectivity index is 1.43. The van der Waals surface area contributed by atoms with Crippen molar-refractivity contribution in [1.29, 1.82) is 0 Å². The number of para-hydroxylation sites is 1. The molecule has 4 heterocycles. The zero-order chi connectivity index (χ0) is 26.9. The molecule has 0 amide bonds. The number of rotatable bonds is 10. The van der Waals surface area contributed by atoms with Gasteiger partial charge in [-0.15, -0.1) is 0 Å². The van der Waals surface area contributed by atoms with Gasteiger partial charge >= 0.3 is 13.7 Å². The molecule has 1 aromatic carbocycles. The smallest absolute Gasteiger partial charge is 0.459 e. The second kappa shape index (κ2) is 10.2. The van der Waals surface area contributed by atoms with Crippen LogP contribution >= 0.6 is 7.75 Å². The average Bonchev–Trinajstić information content (AvgIpc) is 3.58. The Morgan fingerprint density at radius 3 is 2.92 bits per heavy atom. The van der Waals surface area contributed by atoms with Crippen molar-refractivity contribution < 1.29 is 32.6 Å². The molecule has 3 aromatic rings. The molecule has 17 heteroatoms. The summed E-state index contributed by atoms with van der Waals surface area (Å²) in [5, 5.41) is 6.48. The number of azide groups is 1. The summed E-state index contributed by atoms with van der Waals surface area (Å²) in [6, 6.07) is 6.39. The minimum atomic E-state index is -4.20. The van der Waals surface area contributed by atoms with Crippen LogP contribution in [0.15, 0.2) is 48.1 Å². The lowest BCUT2D eigenvalue weighted by Crippen LogP contribution is -2.45. The zero-order valence-electron chi connectivity index (χ0n) is 20.3. The number of imidazole rings is 1. The Kier molecular flexibility index (Phi) is 6.92. The van der Waals surface area contributed by atoms with E-state index in [0.717, 1.165) is 0 Å². The number of anilines is 1. The summed E-state index contributed by atoms with van der Waals surface area (Å²) in [5.74, 6) is -0.255. The highest BCUT2D eigenvalue weighted by Crippen LogP contribution is 2.51. The molecule has 0 radical (unpaired) electrons. The third-order valence-electron chi connectivity index (χ3n) is 6.20. The summed E-state index contributed by atoms with van der Waals surface area (Å²) >= 11 is 0. The quantitative estimate of drug-likeness (QED) is 0.123. The number of nitrogen functional groups attached to an aromatic ring is 1. The van der Waals surface area contributed by atoms with Crippen molar-refractivity contribution in [2.45, 2.75) is 36.9 Å². The van der Waals surface area contributed by atoms with E-state index < -0.39 is 43.7 Å². The molecule has 3 N–H and O–H groups in total. The maximum absolute atomic E-state index is 13.8. The molecule has 2 aliphatic heterocycles. The molecular formula is C21H24N9O7P. The van der Waals surface area contributed by atoms with Crippen molar-refractivity contribution in [2.24, 2.45) is 5.11 Å². The molecule has 2 unspecified atom stereocenters. The van der Waals surface area contributed by atoms with Crippen LogP contribution in [0.4, 0.5) is 5.82 Å². The van der Waals surface area contributed by atoms with Crippen molar-refractivity contribution in [1.82, 2.24) is 24.6 Å². The lowest BCUT2D eigenvalue weighted by Gasteiger charge is -2.32. The maximum Gasteiger partial charge on any atom is 0.459 e. The van der Waals surface area contributed by atoms with E-state index in [1.165, 1.54) is 26.7 Å². The van der Waals surface area contributed by atoms with E-state index in [4.69, 9.17) is 29.0 Å². The highest BCUT2D eigenvalue weighted by molar-refractivity contribution is 7.52. The number of carbonyl (C=O) groups is 1. The first-order valence-corrected chi connectivity index (χ1v) is 12.9. The lowest BCUT2D eigenvalue weighted by atomic mass is 9.98. The number of esters is 1. The van der Waals surface area contributed by atoms with E-state index in [9.17, 15) is 14.9 Å². The Bertz CT molecular complexity index is 1430. The molecule has 0 aliphatic carbocycles. The lowest BCUT2D eigenvalue weighted by molar-refractivity contribution is -0.180. The summed E-state index contributed by atoms with van der Waals surface area (Å²) in [5.41, 5.74) is 14.6. The predicted molar refractivity (Wildman–Crippen MR) is 131 cm³/mol. The predicted octanol–water partition coefficient (Wildman–Crippen LogP) is 2.11. The average molecular weight is 545 g/mol. The van der Waals surface area contributed by atoms with E-state index in [0.29, 0.717) is 11.2 Å². The molecule has 0 saturated carbocycles. The van der Waals surface area contributed by atoms with E-state index in [2.05, 4.69) is 30.1 Å². The van der Waals surface area contributed by atoms with Crippen molar-refractivity contribution in [2.75, 3.05) is 26.1 Å². The second-order valence-electron chi connectivity index (χ2n) is 8.63. The Morgan fingerprint density at radius 2 is 2.18 bits per heavy atom. The third-order valence-corrected chi connectivity index (χ3v) is 7.82. The summed E-state index contributed by atoms with van der Waals surface area (Å²) in [6.45, 7) is 1.05. The van der Waals surface area contributed by atoms with Gasteiger partial charge in [-0.25, -0.2) is 19.5 Å². The number of hydrogen-bond donors (Lipinski definition) is 2. The number of carbonyl (C=O) groups excluding carboxylic acids is 1. The number of ether oxygens (including phenoxy) is 3. The van der Waals surface area contributed by atoms with E-state index in [-0.39, 0.29) is 24.8 Å². The van der Waals surface area contributed by atoms with Crippen LogP contribution in [0.3, 0.4) is 0 Å². The minimum Gasteiger partial charge on any atom is -0.468 e. The number of nitrogens with two attached hydrogens (primary N) is 1. The molecule has 2 fully saturated rings. The van der Waals surface area contributed by atoms with Gasteiger partial charge < -0.3 is 24.5 Å². The van der Waals surface area contributed by atoms with Gasteiger partial charge in [0.2, 0.25) is 0 Å². The molecule has 5 rings (SSSR count). The van der Waals surface area contributed by atoms with Crippen molar-refractivity contribution in [3.05, 3.63) is 53.4 Å². The van der Waals surface area contributed by atoms with Gasteiger partial charge in [0.25, 0.3) is 0 Å². The normalized spacial score (nSPS) is 26.4. The van der Waals surface area contributed by atoms with Crippen LogP contribution < -0.4 is 15.3 Å². The number of nitrogens with one attached hydrogen (secondary N) is 1. The topological polar surface area (TPSA) is 211 Å². The van der Waals surface area contributed by atoms with Crippen LogP contribution in [0.25, 0.3) is 21.6 Å². The van der Waals surface area contributed by atoms with Gasteiger partial charge in [0.05, 0.1) is 26.7 Å². The van der Waals surface area contributed by atoms with Crippen LogP contribution in [0.5, 0.6) is 5.75 Å². The molecule has 16 nitrogen and oxygen atoms in total. The molecule has 2 aliphatic rings. The SMILES string of the molecule is COC(=O)C(C)NP(=O)(OC[C@@]12CO[C@@H]([C@H](n3cnc4c(N)ncnc43)O1)[C@@H]2N=[N+]=[N-])Oc1ccccc1. The number of methoxy groups -OCH3 is 1. The largest absolute Gasteiger partial charge is 0.468 e. The van der Waals surface area contributed by atoms with E-state index >= 15 is 0 Å². The Hall–Kier alpha value is -3.78. The second-order valence-corrected chi connectivity index (χ2v) is 10.3. The van der Waals surface area contributed by atoms with Gasteiger partial charge in [0.1, 0.15) is 41.4 Å². The third kappa shape index (κ3) is 4.65. The van der Waals surface area contributed by atoms with E-state index in [1.54, 1.807) is 34.9 Å². The molecule has 2 saturated heterocycles. The van der Waals surface area contributed by atoms with Gasteiger partial charge in [-0.1, -0.05) is 23.3 Å². The first-order valence-electron chi connectivity index (χ1n) is 11.4. The van der Waals surface area contributed by atoms with Crippen molar-refractivity contribution in [3.63, 3.8) is 0 Å². The Labute approximate surface area is 215 Å². The van der Waals surface area contributed by atoms with Crippen LogP contribution in [0, 0.1) is 0 Å². The first kappa shape index (κ1) is 25.9. The van der Waals surface area contributed by atoms with E-state index in [1.807, 2.05) is 0 Å². The highest BCUT2D eigenvalue weighted by atomic mass is 31.2. The van der Waals surface area contributed by atoms with Gasteiger partial charge in [-0.3, -0.25) is 13.9 Å². The van der Waals surface area contributed by atoms with Crippen molar-refractivity contribution in [3.8, 4) is 5.75 Å². The van der Waals surface area contributed by atoms with Crippen LogP contribution in [0.2, 0.25) is 0 Å². The molecule has 2 aromatic heterocycles. The number of benzene rings is 1. The van der Waals surface area contributed by atoms with Gasteiger partial charge in [0.15, 0.2) is 17.7 Å². The number of aromatic nitrogens is 4. The van der Waals surface area contributed by atoms with Gasteiger partial charge in [-0.2, -0.15) is 5.09 Å². The fraction of sp³-hybridized carbons (Fsp3) is 0.429. The number of nitrogens with zero attached hydrogens (tertiary/aromatic N) is 7. The van der Waals surface area contributed by atoms with Gasteiger partial charge in [-0.05, 0) is 24.6 Å². The summed E-state index contributed by atoms with van der Waals surface area (Å²) in [7, 11) is -3.00. The highest BCUT2D eigenvalue weighted by Gasteiger charge is 2.63. The van der Waals surface area contributed by atoms with Crippen LogP contribution in [-0.2, 0) is 28.1 Å². The summed E-state index contributed by atoms with van der Waals surface area (Å²) < 4.78 is 43.9. The fourth-order valence-electron chi connectivity index (χ4n) is 4.39. The molecule has 38 heavy (non-hydrogen) atoms. The van der Waals surface area contributed by atoms with Crippen molar-refractivity contribution >= 4 is 30.7 Å². The molecule has 0 spiro atoms. The van der Waals surface area contributed by atoms with Gasteiger partial charge in [0, 0.05) is 4.91 Å². The van der Waals surface area contributed by atoms with Crippen LogP contribution in [0.1, 0.15) is 13.2 Å². The zero-order valence-corrected chi connectivity index (χ0v) is 21.2. The summed E-state index contributed by atoms with van der Waals surface area (Å²) in [4.78, 5) is 27.4. The molecular weight excluding hydrogens is 521 g/mol.